The lowest BCUT2D eigenvalue weighted by atomic mass is 10.2. The minimum atomic E-state index is 0.450. The summed E-state index contributed by atoms with van der Waals surface area (Å²) in [4.78, 5) is 3.72. The standard InChI is InChI=1S/C12H13NO/c1-4-6-12(13-3)14-11-8-5-7-10(2)9-11/h4-9H,1,3H2,2H3. The molecule has 0 bridgehead atoms. The molecule has 0 saturated heterocycles. The maximum absolute atomic E-state index is 5.45. The largest absolute Gasteiger partial charge is 0.439 e. The van der Waals surface area contributed by atoms with Gasteiger partial charge in [0, 0.05) is 6.08 Å². The lowest BCUT2D eigenvalue weighted by molar-refractivity contribution is 0.422. The van der Waals surface area contributed by atoms with Crippen LogP contribution in [0.2, 0.25) is 0 Å². The van der Waals surface area contributed by atoms with E-state index in [1.165, 1.54) is 0 Å². The maximum Gasteiger partial charge on any atom is 0.218 e. The van der Waals surface area contributed by atoms with Crippen molar-refractivity contribution < 1.29 is 4.74 Å². The summed E-state index contributed by atoms with van der Waals surface area (Å²) in [7, 11) is 0. The quantitative estimate of drug-likeness (QED) is 0.403. The fourth-order valence-corrected chi connectivity index (χ4v) is 1.02. The lowest BCUT2D eigenvalue weighted by Gasteiger charge is -2.04. The molecule has 0 aliphatic carbocycles. The van der Waals surface area contributed by atoms with E-state index in [9.17, 15) is 0 Å². The van der Waals surface area contributed by atoms with E-state index in [1.54, 1.807) is 12.2 Å². The molecule has 72 valence electrons. The normalized spacial score (nSPS) is 10.8. The van der Waals surface area contributed by atoms with Gasteiger partial charge in [-0.15, -0.1) is 0 Å². The van der Waals surface area contributed by atoms with Crippen molar-refractivity contribution >= 4 is 6.72 Å². The van der Waals surface area contributed by atoms with E-state index in [0.29, 0.717) is 5.88 Å². The Morgan fingerprint density at radius 2 is 2.29 bits per heavy atom. The van der Waals surface area contributed by atoms with E-state index in [2.05, 4.69) is 18.3 Å². The minimum Gasteiger partial charge on any atom is -0.439 e. The number of aryl methyl sites for hydroxylation is 1. The molecule has 0 aliphatic heterocycles. The molecular formula is C12H13NO. The lowest BCUT2D eigenvalue weighted by Crippen LogP contribution is -1.91. The van der Waals surface area contributed by atoms with Gasteiger partial charge in [-0.2, -0.15) is 0 Å². The van der Waals surface area contributed by atoms with Crippen LogP contribution in [0.1, 0.15) is 5.56 Å². The van der Waals surface area contributed by atoms with Crippen LogP contribution in [-0.4, -0.2) is 6.72 Å². The van der Waals surface area contributed by atoms with E-state index >= 15 is 0 Å². The Balaban J connectivity index is 2.82. The highest BCUT2D eigenvalue weighted by Crippen LogP contribution is 2.15. The Labute approximate surface area is 84.3 Å². The molecular weight excluding hydrogens is 174 g/mol. The molecule has 0 heterocycles. The smallest absolute Gasteiger partial charge is 0.218 e. The van der Waals surface area contributed by atoms with Crippen molar-refractivity contribution in [1.29, 1.82) is 0 Å². The first kappa shape index (κ1) is 10.3. The van der Waals surface area contributed by atoms with E-state index in [-0.39, 0.29) is 0 Å². The van der Waals surface area contributed by atoms with Crippen LogP contribution >= 0.6 is 0 Å². The Kier molecular flexibility index (Phi) is 3.68. The summed E-state index contributed by atoms with van der Waals surface area (Å²) >= 11 is 0. The molecule has 0 fully saturated rings. The summed E-state index contributed by atoms with van der Waals surface area (Å²) < 4.78 is 5.45. The van der Waals surface area contributed by atoms with Gasteiger partial charge in [0.1, 0.15) is 5.75 Å². The molecule has 0 amide bonds. The Morgan fingerprint density at radius 3 is 2.86 bits per heavy atom. The zero-order valence-corrected chi connectivity index (χ0v) is 8.23. The van der Waals surface area contributed by atoms with Crippen LogP contribution in [-0.2, 0) is 0 Å². The monoisotopic (exact) mass is 187 g/mol. The molecule has 0 unspecified atom stereocenters. The van der Waals surface area contributed by atoms with Crippen molar-refractivity contribution in [2.24, 2.45) is 4.99 Å². The van der Waals surface area contributed by atoms with Crippen LogP contribution in [0.4, 0.5) is 0 Å². The first-order chi connectivity index (χ1) is 6.76. The van der Waals surface area contributed by atoms with Gasteiger partial charge in [0.25, 0.3) is 0 Å². The minimum absolute atomic E-state index is 0.450. The molecule has 0 spiro atoms. The van der Waals surface area contributed by atoms with Crippen LogP contribution < -0.4 is 4.74 Å². The highest BCUT2D eigenvalue weighted by atomic mass is 16.5. The van der Waals surface area contributed by atoms with Crippen molar-refractivity contribution in [1.82, 2.24) is 0 Å². The first-order valence-corrected chi connectivity index (χ1v) is 4.30. The molecule has 0 saturated carbocycles. The molecule has 14 heavy (non-hydrogen) atoms. The number of benzene rings is 1. The van der Waals surface area contributed by atoms with Gasteiger partial charge in [-0.05, 0) is 31.3 Å². The van der Waals surface area contributed by atoms with Gasteiger partial charge in [-0.3, -0.25) is 0 Å². The van der Waals surface area contributed by atoms with Gasteiger partial charge >= 0.3 is 0 Å². The molecule has 0 aliphatic rings. The predicted molar refractivity (Wildman–Crippen MR) is 59.6 cm³/mol. The number of hydrogen-bond donors (Lipinski definition) is 0. The molecule has 1 aromatic rings. The second kappa shape index (κ2) is 5.02. The molecule has 0 aromatic heterocycles. The number of rotatable bonds is 4. The summed E-state index contributed by atoms with van der Waals surface area (Å²) in [5.41, 5.74) is 1.14. The molecule has 0 radical (unpaired) electrons. The van der Waals surface area contributed by atoms with Gasteiger partial charge in [-0.1, -0.05) is 24.8 Å². The summed E-state index contributed by atoms with van der Waals surface area (Å²) in [6.45, 7) is 8.98. The molecule has 2 nitrogen and oxygen atoms in total. The molecule has 0 atom stereocenters. The highest BCUT2D eigenvalue weighted by Gasteiger charge is 1.96. The van der Waals surface area contributed by atoms with Crippen LogP contribution in [0.25, 0.3) is 0 Å². The molecule has 1 rings (SSSR count). The van der Waals surface area contributed by atoms with Gasteiger partial charge in [0.2, 0.25) is 5.88 Å². The van der Waals surface area contributed by atoms with Gasteiger partial charge in [-0.25, -0.2) is 4.99 Å². The number of ether oxygens (including phenoxy) is 1. The van der Waals surface area contributed by atoms with Gasteiger partial charge < -0.3 is 4.74 Å². The topological polar surface area (TPSA) is 21.6 Å². The second-order valence-electron chi connectivity index (χ2n) is 2.82. The molecule has 1 aromatic carbocycles. The Hall–Kier alpha value is -1.83. The SMILES string of the molecule is C=CC=C(N=C)Oc1cccc(C)c1. The highest BCUT2D eigenvalue weighted by molar-refractivity contribution is 5.32. The average Bonchev–Trinajstić information content (AvgIpc) is 2.17. The van der Waals surface area contributed by atoms with E-state index < -0.39 is 0 Å². The molecule has 2 heteroatoms. The maximum atomic E-state index is 5.45. The fourth-order valence-electron chi connectivity index (χ4n) is 1.02. The van der Waals surface area contributed by atoms with Gasteiger partial charge in [0.05, 0.1) is 0 Å². The van der Waals surface area contributed by atoms with Crippen LogP contribution in [0.3, 0.4) is 0 Å². The number of hydrogen-bond acceptors (Lipinski definition) is 2. The summed E-state index contributed by atoms with van der Waals surface area (Å²) in [6.07, 6.45) is 3.27. The van der Waals surface area contributed by atoms with Crippen molar-refractivity contribution in [3.63, 3.8) is 0 Å². The van der Waals surface area contributed by atoms with E-state index in [4.69, 9.17) is 4.74 Å². The van der Waals surface area contributed by atoms with E-state index in [1.807, 2.05) is 31.2 Å². The zero-order chi connectivity index (χ0) is 10.4. The zero-order valence-electron chi connectivity index (χ0n) is 8.23. The van der Waals surface area contributed by atoms with Crippen molar-refractivity contribution in [3.8, 4) is 5.75 Å². The Morgan fingerprint density at radius 1 is 1.50 bits per heavy atom. The first-order valence-electron chi connectivity index (χ1n) is 4.30. The van der Waals surface area contributed by atoms with Crippen molar-refractivity contribution in [3.05, 3.63) is 54.4 Å². The van der Waals surface area contributed by atoms with Crippen molar-refractivity contribution in [2.75, 3.05) is 0 Å². The average molecular weight is 187 g/mol. The summed E-state index contributed by atoms with van der Waals surface area (Å²) in [6, 6.07) is 7.74. The third-order valence-corrected chi connectivity index (χ3v) is 1.63. The van der Waals surface area contributed by atoms with Crippen molar-refractivity contribution in [2.45, 2.75) is 6.92 Å². The molecule has 0 N–H and O–H groups in total. The van der Waals surface area contributed by atoms with Crippen LogP contribution in [0, 0.1) is 6.92 Å². The van der Waals surface area contributed by atoms with Crippen LogP contribution in [0.15, 0.2) is 53.9 Å². The van der Waals surface area contributed by atoms with Crippen LogP contribution in [0.5, 0.6) is 5.75 Å². The third-order valence-electron chi connectivity index (χ3n) is 1.63. The number of aliphatic imine (C=N–C) groups is 1. The number of nitrogens with zero attached hydrogens (tertiary/aromatic N) is 1. The predicted octanol–water partition coefficient (Wildman–Crippen LogP) is 3.10. The summed E-state index contributed by atoms with van der Waals surface area (Å²) in [5, 5.41) is 0. The Bertz CT molecular complexity index is 366. The fraction of sp³-hybridized carbons (Fsp3) is 0.0833. The van der Waals surface area contributed by atoms with E-state index in [0.717, 1.165) is 11.3 Å². The third kappa shape index (κ3) is 2.90. The summed E-state index contributed by atoms with van der Waals surface area (Å²) in [5.74, 6) is 1.20. The van der Waals surface area contributed by atoms with Gasteiger partial charge in [0.15, 0.2) is 0 Å². The second-order valence-corrected chi connectivity index (χ2v) is 2.82. The number of allylic oxidation sites excluding steroid dienone is 2.